The molecule has 0 saturated heterocycles. The van der Waals surface area contributed by atoms with Gasteiger partial charge in [-0.2, -0.15) is 0 Å². The van der Waals surface area contributed by atoms with E-state index in [-0.39, 0.29) is 5.91 Å². The summed E-state index contributed by atoms with van der Waals surface area (Å²) < 4.78 is 5.16. The first kappa shape index (κ1) is 19.4. The molecular formula is C22H24N4O2. The van der Waals surface area contributed by atoms with Crippen molar-refractivity contribution in [3.05, 3.63) is 76.6 Å². The van der Waals surface area contributed by atoms with E-state index in [1.54, 1.807) is 19.4 Å². The van der Waals surface area contributed by atoms with E-state index in [1.807, 2.05) is 57.2 Å². The topological polar surface area (TPSA) is 76.1 Å². The quantitative estimate of drug-likeness (QED) is 0.672. The second-order valence-corrected chi connectivity index (χ2v) is 6.69. The number of aryl methyl sites for hydroxylation is 3. The number of anilines is 2. The first-order valence-electron chi connectivity index (χ1n) is 9.05. The van der Waals surface area contributed by atoms with Gasteiger partial charge in [-0.25, -0.2) is 9.97 Å². The van der Waals surface area contributed by atoms with E-state index in [0.29, 0.717) is 18.2 Å². The summed E-state index contributed by atoms with van der Waals surface area (Å²) in [6.07, 6.45) is 1.58. The second kappa shape index (κ2) is 8.52. The smallest absolute Gasteiger partial charge is 0.274 e. The van der Waals surface area contributed by atoms with Crippen molar-refractivity contribution in [2.24, 2.45) is 0 Å². The number of benzene rings is 2. The molecule has 0 radical (unpaired) electrons. The molecule has 1 amide bonds. The number of ether oxygens (including phenoxy) is 1. The van der Waals surface area contributed by atoms with Crippen molar-refractivity contribution in [3.63, 3.8) is 0 Å². The lowest BCUT2D eigenvalue weighted by atomic mass is 10.1. The van der Waals surface area contributed by atoms with Crippen LogP contribution in [0.2, 0.25) is 0 Å². The van der Waals surface area contributed by atoms with Crippen LogP contribution in [0, 0.1) is 20.8 Å². The van der Waals surface area contributed by atoms with Gasteiger partial charge in [0.1, 0.15) is 11.4 Å². The Bertz CT molecular complexity index is 961. The van der Waals surface area contributed by atoms with Gasteiger partial charge in [0.15, 0.2) is 0 Å². The molecule has 2 aromatic carbocycles. The largest absolute Gasteiger partial charge is 0.497 e. The molecule has 6 nitrogen and oxygen atoms in total. The molecule has 144 valence electrons. The summed E-state index contributed by atoms with van der Waals surface area (Å²) in [4.78, 5) is 21.2. The summed E-state index contributed by atoms with van der Waals surface area (Å²) in [5, 5.41) is 6.11. The van der Waals surface area contributed by atoms with Crippen LogP contribution in [0.25, 0.3) is 0 Å². The summed E-state index contributed by atoms with van der Waals surface area (Å²) in [7, 11) is 1.64. The Morgan fingerprint density at radius 2 is 1.71 bits per heavy atom. The predicted octanol–water partition coefficient (Wildman–Crippen LogP) is 4.27. The highest BCUT2D eigenvalue weighted by atomic mass is 16.5. The lowest BCUT2D eigenvalue weighted by Gasteiger charge is -2.13. The number of carbonyl (C=O) groups excluding carboxylic acids is 1. The Labute approximate surface area is 165 Å². The van der Waals surface area contributed by atoms with Crippen molar-refractivity contribution in [1.82, 2.24) is 9.97 Å². The Kier molecular flexibility index (Phi) is 5.89. The van der Waals surface area contributed by atoms with Crippen molar-refractivity contribution < 1.29 is 9.53 Å². The molecule has 0 fully saturated rings. The molecule has 28 heavy (non-hydrogen) atoms. The van der Waals surface area contributed by atoms with Gasteiger partial charge in [-0.05, 0) is 55.7 Å². The van der Waals surface area contributed by atoms with E-state index in [4.69, 9.17) is 4.74 Å². The first-order chi connectivity index (χ1) is 13.5. The first-order valence-corrected chi connectivity index (χ1v) is 9.05. The molecule has 1 heterocycles. The van der Waals surface area contributed by atoms with Crippen LogP contribution in [0.3, 0.4) is 0 Å². The number of nitrogens with zero attached hydrogens (tertiary/aromatic N) is 2. The molecular weight excluding hydrogens is 352 g/mol. The summed E-state index contributed by atoms with van der Waals surface area (Å²) in [6, 6.07) is 13.4. The fraction of sp³-hybridized carbons (Fsp3) is 0.227. The Hall–Kier alpha value is -3.41. The van der Waals surface area contributed by atoms with Crippen LogP contribution in [0.1, 0.15) is 32.7 Å². The fourth-order valence-electron chi connectivity index (χ4n) is 3.05. The average Bonchev–Trinajstić information content (AvgIpc) is 2.69. The maximum Gasteiger partial charge on any atom is 0.274 e. The Morgan fingerprint density at radius 3 is 2.36 bits per heavy atom. The zero-order chi connectivity index (χ0) is 20.1. The van der Waals surface area contributed by atoms with Gasteiger partial charge in [0.05, 0.1) is 7.11 Å². The van der Waals surface area contributed by atoms with Crippen molar-refractivity contribution in [1.29, 1.82) is 0 Å². The lowest BCUT2D eigenvalue weighted by Crippen LogP contribution is -2.16. The number of hydrogen-bond acceptors (Lipinski definition) is 5. The third-order valence-corrected chi connectivity index (χ3v) is 4.41. The molecule has 0 unspecified atom stereocenters. The van der Waals surface area contributed by atoms with Crippen LogP contribution in [-0.2, 0) is 6.54 Å². The zero-order valence-corrected chi connectivity index (χ0v) is 16.5. The normalized spacial score (nSPS) is 10.4. The molecule has 3 rings (SSSR count). The summed E-state index contributed by atoms with van der Waals surface area (Å²) in [6.45, 7) is 6.55. The van der Waals surface area contributed by atoms with E-state index in [2.05, 4.69) is 20.6 Å². The van der Waals surface area contributed by atoms with Crippen molar-refractivity contribution in [2.75, 3.05) is 17.7 Å². The van der Waals surface area contributed by atoms with Crippen molar-refractivity contribution >= 4 is 17.5 Å². The van der Waals surface area contributed by atoms with Crippen LogP contribution in [0.4, 0.5) is 11.6 Å². The lowest BCUT2D eigenvalue weighted by molar-refractivity contribution is 0.102. The van der Waals surface area contributed by atoms with Gasteiger partial charge in [0.2, 0.25) is 5.95 Å². The molecule has 6 heteroatoms. The number of rotatable bonds is 6. The minimum Gasteiger partial charge on any atom is -0.497 e. The summed E-state index contributed by atoms with van der Waals surface area (Å²) in [5.74, 6) is 0.950. The van der Waals surface area contributed by atoms with Gasteiger partial charge >= 0.3 is 0 Å². The van der Waals surface area contributed by atoms with Crippen LogP contribution < -0.4 is 15.4 Å². The van der Waals surface area contributed by atoms with Crippen molar-refractivity contribution in [2.45, 2.75) is 27.3 Å². The Balaban J connectivity index is 1.69. The van der Waals surface area contributed by atoms with Gasteiger partial charge in [0, 0.05) is 18.4 Å². The molecule has 3 aromatic rings. The molecule has 0 aliphatic heterocycles. The molecule has 0 aliphatic rings. The molecule has 0 bridgehead atoms. The van der Waals surface area contributed by atoms with Crippen LogP contribution in [0.15, 0.2) is 48.7 Å². The highest BCUT2D eigenvalue weighted by Crippen LogP contribution is 2.22. The minimum atomic E-state index is -0.259. The maximum absolute atomic E-state index is 12.7. The van der Waals surface area contributed by atoms with Gasteiger partial charge in [-0.1, -0.05) is 29.8 Å². The zero-order valence-electron chi connectivity index (χ0n) is 16.5. The minimum absolute atomic E-state index is 0.259. The number of amides is 1. The fourth-order valence-corrected chi connectivity index (χ4v) is 3.05. The van der Waals surface area contributed by atoms with Gasteiger partial charge < -0.3 is 15.4 Å². The molecule has 1 aromatic heterocycles. The maximum atomic E-state index is 12.7. The molecule has 0 aliphatic carbocycles. The number of aromatic nitrogens is 2. The van der Waals surface area contributed by atoms with Gasteiger partial charge in [0.25, 0.3) is 5.91 Å². The molecule has 0 saturated carbocycles. The number of carbonyl (C=O) groups is 1. The highest BCUT2D eigenvalue weighted by molar-refractivity contribution is 6.03. The van der Waals surface area contributed by atoms with E-state index in [9.17, 15) is 4.79 Å². The summed E-state index contributed by atoms with van der Waals surface area (Å²) in [5.41, 5.74) is 5.41. The SMILES string of the molecule is COc1ccc(CNc2nccc(C(=O)Nc3c(C)cc(C)cc3C)n2)cc1. The van der Waals surface area contributed by atoms with Gasteiger partial charge in [-0.3, -0.25) is 4.79 Å². The number of nitrogens with one attached hydrogen (secondary N) is 2. The third kappa shape index (κ3) is 4.65. The highest BCUT2D eigenvalue weighted by Gasteiger charge is 2.12. The molecule has 0 atom stereocenters. The summed E-state index contributed by atoms with van der Waals surface area (Å²) >= 11 is 0. The van der Waals surface area contributed by atoms with Crippen LogP contribution in [-0.4, -0.2) is 23.0 Å². The van der Waals surface area contributed by atoms with Crippen molar-refractivity contribution in [3.8, 4) is 5.75 Å². The van der Waals surface area contributed by atoms with E-state index < -0.39 is 0 Å². The van der Waals surface area contributed by atoms with Gasteiger partial charge in [-0.15, -0.1) is 0 Å². The standard InChI is InChI=1S/C22H24N4O2/c1-14-11-15(2)20(16(3)12-14)26-21(27)19-9-10-23-22(25-19)24-13-17-5-7-18(28-4)8-6-17/h5-12H,13H2,1-4H3,(H,26,27)(H,23,24,25). The predicted molar refractivity (Wildman–Crippen MR) is 111 cm³/mol. The molecule has 2 N–H and O–H groups in total. The van der Waals surface area contributed by atoms with E-state index in [0.717, 1.165) is 28.1 Å². The number of hydrogen-bond donors (Lipinski definition) is 2. The van der Waals surface area contributed by atoms with E-state index in [1.165, 1.54) is 5.56 Å². The second-order valence-electron chi connectivity index (χ2n) is 6.69. The average molecular weight is 376 g/mol. The van der Waals surface area contributed by atoms with Crippen LogP contribution in [0.5, 0.6) is 5.75 Å². The monoisotopic (exact) mass is 376 g/mol. The third-order valence-electron chi connectivity index (χ3n) is 4.41. The molecule has 0 spiro atoms. The van der Waals surface area contributed by atoms with Crippen LogP contribution >= 0.6 is 0 Å². The van der Waals surface area contributed by atoms with E-state index >= 15 is 0 Å². The number of methoxy groups -OCH3 is 1. The Morgan fingerprint density at radius 1 is 1.04 bits per heavy atom.